The smallest absolute Gasteiger partial charge is 0.265 e. The molecule has 0 aliphatic carbocycles. The van der Waals surface area contributed by atoms with E-state index in [9.17, 15) is 4.79 Å². The minimum absolute atomic E-state index is 0.145. The van der Waals surface area contributed by atoms with Gasteiger partial charge in [0.25, 0.3) is 5.91 Å². The van der Waals surface area contributed by atoms with Crippen LogP contribution in [0.2, 0.25) is 0 Å². The molecule has 7 heteroatoms. The number of aromatic nitrogens is 1. The fraction of sp³-hybridized carbons (Fsp3) is 0.692. The zero-order valence-corrected chi connectivity index (χ0v) is 13.8. The molecule has 0 atom stereocenters. The number of amides is 1. The number of carbonyl (C=O) groups is 1. The van der Waals surface area contributed by atoms with Crippen LogP contribution in [0.1, 0.15) is 30.4 Å². The maximum absolute atomic E-state index is 12.1. The quantitative estimate of drug-likeness (QED) is 0.792. The van der Waals surface area contributed by atoms with Crippen molar-refractivity contribution in [1.29, 1.82) is 0 Å². The highest BCUT2D eigenvalue weighted by Crippen LogP contribution is 2.27. The number of carbonyl (C=O) groups excluding carboxylic acids is 1. The summed E-state index contributed by atoms with van der Waals surface area (Å²) in [4.78, 5) is 20.9. The van der Waals surface area contributed by atoms with Gasteiger partial charge in [-0.2, -0.15) is 0 Å². The highest BCUT2D eigenvalue weighted by atomic mass is 32.1. The normalized spacial score (nSPS) is 11.2. The van der Waals surface area contributed by atoms with Crippen molar-refractivity contribution in [2.24, 2.45) is 0 Å². The SMILES string of the molecule is CCN(C)c1nc(N)c(C(=O)NCCN(C)C(C)C)s1. The van der Waals surface area contributed by atoms with Crippen LogP contribution in [0.3, 0.4) is 0 Å². The molecule has 1 heterocycles. The van der Waals surface area contributed by atoms with E-state index in [1.165, 1.54) is 11.3 Å². The van der Waals surface area contributed by atoms with Crippen LogP contribution in [0.5, 0.6) is 0 Å². The van der Waals surface area contributed by atoms with E-state index in [1.54, 1.807) is 0 Å². The second-order valence-electron chi connectivity index (χ2n) is 5.06. The van der Waals surface area contributed by atoms with Crippen LogP contribution >= 0.6 is 11.3 Å². The summed E-state index contributed by atoms with van der Waals surface area (Å²) in [6, 6.07) is 0.463. The molecule has 1 rings (SSSR count). The van der Waals surface area contributed by atoms with E-state index in [0.717, 1.165) is 18.2 Å². The van der Waals surface area contributed by atoms with Crippen molar-refractivity contribution in [2.45, 2.75) is 26.8 Å². The van der Waals surface area contributed by atoms with Crippen LogP contribution in [-0.2, 0) is 0 Å². The van der Waals surface area contributed by atoms with Crippen LogP contribution in [0.15, 0.2) is 0 Å². The summed E-state index contributed by atoms with van der Waals surface area (Å²) in [6.07, 6.45) is 0. The molecule has 6 nitrogen and oxygen atoms in total. The number of nitrogens with two attached hydrogens (primary N) is 1. The Bertz CT molecular complexity index is 446. The van der Waals surface area contributed by atoms with Crippen molar-refractivity contribution in [3.63, 3.8) is 0 Å². The number of hydrogen-bond acceptors (Lipinski definition) is 6. The van der Waals surface area contributed by atoms with Crippen LogP contribution < -0.4 is 16.0 Å². The van der Waals surface area contributed by atoms with E-state index < -0.39 is 0 Å². The number of likely N-dealkylation sites (N-methyl/N-ethyl adjacent to an activating group) is 1. The summed E-state index contributed by atoms with van der Waals surface area (Å²) in [5, 5.41) is 3.66. The monoisotopic (exact) mass is 299 g/mol. The van der Waals surface area contributed by atoms with E-state index >= 15 is 0 Å². The van der Waals surface area contributed by atoms with Crippen LogP contribution in [0.4, 0.5) is 10.9 Å². The Morgan fingerprint density at radius 1 is 1.45 bits per heavy atom. The molecule has 0 fully saturated rings. The largest absolute Gasteiger partial charge is 0.382 e. The van der Waals surface area contributed by atoms with Crippen LogP contribution in [0, 0.1) is 0 Å². The number of thiazole rings is 1. The van der Waals surface area contributed by atoms with E-state index in [0.29, 0.717) is 23.3 Å². The van der Waals surface area contributed by atoms with Gasteiger partial charge in [0.05, 0.1) is 0 Å². The Morgan fingerprint density at radius 2 is 2.10 bits per heavy atom. The van der Waals surface area contributed by atoms with Crippen LogP contribution in [0.25, 0.3) is 0 Å². The van der Waals surface area contributed by atoms with Crippen molar-refractivity contribution in [2.75, 3.05) is 44.4 Å². The highest BCUT2D eigenvalue weighted by molar-refractivity contribution is 7.18. The van der Waals surface area contributed by atoms with Gasteiger partial charge in [0.2, 0.25) is 0 Å². The van der Waals surface area contributed by atoms with Gasteiger partial charge in [-0.25, -0.2) is 4.98 Å². The predicted octanol–water partition coefficient (Wildman–Crippen LogP) is 1.25. The molecule has 0 aliphatic rings. The summed E-state index contributed by atoms with van der Waals surface area (Å²) >= 11 is 1.33. The van der Waals surface area contributed by atoms with E-state index in [2.05, 4.69) is 29.0 Å². The molecule has 0 saturated heterocycles. The molecule has 20 heavy (non-hydrogen) atoms. The molecule has 0 aromatic carbocycles. The molecule has 0 bridgehead atoms. The van der Waals surface area contributed by atoms with Crippen molar-refractivity contribution in [3.05, 3.63) is 4.88 Å². The first-order chi connectivity index (χ1) is 9.36. The molecule has 0 saturated carbocycles. The third-order valence-electron chi connectivity index (χ3n) is 3.28. The first kappa shape index (κ1) is 16.7. The second kappa shape index (κ2) is 7.44. The fourth-order valence-corrected chi connectivity index (χ4v) is 2.39. The number of nitrogens with zero attached hydrogens (tertiary/aromatic N) is 3. The number of nitrogens with one attached hydrogen (secondary N) is 1. The minimum atomic E-state index is -0.145. The molecule has 0 spiro atoms. The predicted molar refractivity (Wildman–Crippen MR) is 85.6 cm³/mol. The maximum Gasteiger partial charge on any atom is 0.265 e. The van der Waals surface area contributed by atoms with Gasteiger partial charge in [0, 0.05) is 32.7 Å². The summed E-state index contributed by atoms with van der Waals surface area (Å²) in [5.41, 5.74) is 5.82. The second-order valence-corrected chi connectivity index (χ2v) is 6.03. The Kier molecular flexibility index (Phi) is 6.22. The lowest BCUT2D eigenvalue weighted by molar-refractivity contribution is 0.0953. The van der Waals surface area contributed by atoms with E-state index in [1.807, 2.05) is 25.9 Å². The van der Waals surface area contributed by atoms with Crippen molar-refractivity contribution in [3.8, 4) is 0 Å². The number of anilines is 2. The first-order valence-electron chi connectivity index (χ1n) is 6.82. The number of rotatable bonds is 7. The van der Waals surface area contributed by atoms with Gasteiger partial charge in [0.1, 0.15) is 10.7 Å². The lowest BCUT2D eigenvalue weighted by Crippen LogP contribution is -2.36. The molecule has 0 unspecified atom stereocenters. The third kappa shape index (κ3) is 4.35. The average Bonchev–Trinajstić information content (AvgIpc) is 2.79. The standard InChI is InChI=1S/C13H25N5OS/c1-6-17(4)13-16-11(14)10(20-13)12(19)15-7-8-18(5)9(2)3/h9H,6-8,14H2,1-5H3,(H,15,19). The van der Waals surface area contributed by atoms with Gasteiger partial charge in [-0.3, -0.25) is 4.79 Å². The highest BCUT2D eigenvalue weighted by Gasteiger charge is 2.17. The van der Waals surface area contributed by atoms with Crippen molar-refractivity contribution >= 4 is 28.2 Å². The maximum atomic E-state index is 12.1. The number of nitrogen functional groups attached to an aromatic ring is 1. The van der Waals surface area contributed by atoms with Gasteiger partial charge in [-0.15, -0.1) is 0 Å². The van der Waals surface area contributed by atoms with Gasteiger partial charge >= 0.3 is 0 Å². The van der Waals surface area contributed by atoms with Gasteiger partial charge in [-0.1, -0.05) is 11.3 Å². The topological polar surface area (TPSA) is 74.5 Å². The lowest BCUT2D eigenvalue weighted by Gasteiger charge is -2.20. The van der Waals surface area contributed by atoms with E-state index in [4.69, 9.17) is 5.73 Å². The molecule has 0 radical (unpaired) electrons. The third-order valence-corrected chi connectivity index (χ3v) is 4.47. The summed E-state index contributed by atoms with van der Waals surface area (Å²) < 4.78 is 0. The molecule has 1 aromatic heterocycles. The van der Waals surface area contributed by atoms with Crippen LogP contribution in [-0.4, -0.2) is 55.6 Å². The van der Waals surface area contributed by atoms with Gasteiger partial charge in [-0.05, 0) is 27.8 Å². The van der Waals surface area contributed by atoms with Crippen molar-refractivity contribution < 1.29 is 4.79 Å². The van der Waals surface area contributed by atoms with Gasteiger partial charge < -0.3 is 20.9 Å². The molecule has 0 aliphatic heterocycles. The van der Waals surface area contributed by atoms with Crippen molar-refractivity contribution in [1.82, 2.24) is 15.2 Å². The fourth-order valence-electron chi connectivity index (χ4n) is 1.47. The zero-order chi connectivity index (χ0) is 15.3. The molecular formula is C13H25N5OS. The number of hydrogen-bond donors (Lipinski definition) is 2. The summed E-state index contributed by atoms with van der Waals surface area (Å²) in [7, 11) is 3.96. The first-order valence-corrected chi connectivity index (χ1v) is 7.64. The summed E-state index contributed by atoms with van der Waals surface area (Å²) in [5.74, 6) is 0.160. The molecule has 3 N–H and O–H groups in total. The molecular weight excluding hydrogens is 274 g/mol. The molecule has 1 amide bonds. The molecule has 1 aromatic rings. The van der Waals surface area contributed by atoms with Gasteiger partial charge in [0.15, 0.2) is 5.13 Å². The Balaban J connectivity index is 2.57. The Morgan fingerprint density at radius 3 is 2.65 bits per heavy atom. The van der Waals surface area contributed by atoms with E-state index in [-0.39, 0.29) is 5.91 Å². The Hall–Kier alpha value is -1.34. The molecule has 114 valence electrons. The minimum Gasteiger partial charge on any atom is -0.382 e. The average molecular weight is 299 g/mol. The Labute approximate surface area is 125 Å². The summed E-state index contributed by atoms with van der Waals surface area (Å²) in [6.45, 7) is 8.51. The lowest BCUT2D eigenvalue weighted by atomic mass is 10.3. The zero-order valence-electron chi connectivity index (χ0n) is 12.9.